The minimum atomic E-state index is 0.304. The molecule has 0 bridgehead atoms. The van der Waals surface area contributed by atoms with Gasteiger partial charge in [0.25, 0.3) is 0 Å². The molecule has 0 fully saturated rings. The molecule has 4 nitrogen and oxygen atoms in total. The fourth-order valence-electron chi connectivity index (χ4n) is 0.962. The van der Waals surface area contributed by atoms with Crippen LogP contribution in [0.3, 0.4) is 0 Å². The molecule has 0 unspecified atom stereocenters. The summed E-state index contributed by atoms with van der Waals surface area (Å²) in [4.78, 5) is 8.37. The third kappa shape index (κ3) is 1.04. The van der Waals surface area contributed by atoms with Gasteiger partial charge in [0.05, 0.1) is 6.20 Å². The van der Waals surface area contributed by atoms with Crippen LogP contribution in [0.15, 0.2) is 24.8 Å². The van der Waals surface area contributed by atoms with Crippen LogP contribution in [0, 0.1) is 0 Å². The minimum Gasteiger partial charge on any atom is -0.388 e. The van der Waals surface area contributed by atoms with E-state index in [-0.39, 0.29) is 0 Å². The summed E-state index contributed by atoms with van der Waals surface area (Å²) in [7, 11) is 0. The number of rotatable bonds is 1. The highest BCUT2D eigenvalue weighted by Gasteiger charge is 2.01. The van der Waals surface area contributed by atoms with Crippen LogP contribution in [0.2, 0.25) is 0 Å². The lowest BCUT2D eigenvalue weighted by Crippen LogP contribution is -2.09. The predicted molar refractivity (Wildman–Crippen MR) is 48.9 cm³/mol. The Morgan fingerprint density at radius 2 is 2.42 bits per heavy atom. The Morgan fingerprint density at radius 1 is 1.58 bits per heavy atom. The first-order valence-corrected chi connectivity index (χ1v) is 3.77. The first-order chi connectivity index (χ1) is 5.77. The standard InChI is InChI=1S/C7H6N4S/c8-7(12)5-4-11-2-1-9-3-6(11)10-5/h1-4H,(H2,8,12). The topological polar surface area (TPSA) is 56.2 Å². The number of imidazole rings is 1. The monoisotopic (exact) mass is 178 g/mol. The van der Waals surface area contributed by atoms with Gasteiger partial charge in [0.15, 0.2) is 5.65 Å². The summed E-state index contributed by atoms with van der Waals surface area (Å²) in [5.74, 6) is 0. The van der Waals surface area contributed by atoms with Crippen molar-refractivity contribution in [1.29, 1.82) is 0 Å². The van der Waals surface area contributed by atoms with Crippen molar-refractivity contribution in [2.45, 2.75) is 0 Å². The smallest absolute Gasteiger partial charge is 0.156 e. The molecule has 2 heterocycles. The van der Waals surface area contributed by atoms with Gasteiger partial charge >= 0.3 is 0 Å². The molecular formula is C7H6N4S. The summed E-state index contributed by atoms with van der Waals surface area (Å²) in [6.07, 6.45) is 6.91. The summed E-state index contributed by atoms with van der Waals surface area (Å²) < 4.78 is 1.82. The van der Waals surface area contributed by atoms with Gasteiger partial charge in [-0.2, -0.15) is 0 Å². The lowest BCUT2D eigenvalue weighted by Gasteiger charge is -1.86. The van der Waals surface area contributed by atoms with Crippen molar-refractivity contribution < 1.29 is 0 Å². The van der Waals surface area contributed by atoms with Gasteiger partial charge in [-0.1, -0.05) is 12.2 Å². The van der Waals surface area contributed by atoms with Crippen molar-refractivity contribution in [3.05, 3.63) is 30.5 Å². The third-order valence-electron chi connectivity index (χ3n) is 1.52. The fraction of sp³-hybridized carbons (Fsp3) is 0. The number of thiocarbonyl (C=S) groups is 1. The number of nitrogens with zero attached hydrogens (tertiary/aromatic N) is 3. The molecule has 2 aromatic rings. The SMILES string of the molecule is NC(=S)c1cn2ccncc2n1. The van der Waals surface area contributed by atoms with Crippen LogP contribution < -0.4 is 5.73 Å². The molecule has 5 heteroatoms. The largest absolute Gasteiger partial charge is 0.388 e. The second-order valence-corrected chi connectivity index (χ2v) is 2.77. The first kappa shape index (κ1) is 7.17. The van der Waals surface area contributed by atoms with Crippen LogP contribution in [-0.2, 0) is 0 Å². The number of hydrogen-bond acceptors (Lipinski definition) is 3. The van der Waals surface area contributed by atoms with Gasteiger partial charge < -0.3 is 10.1 Å². The summed E-state index contributed by atoms with van der Waals surface area (Å²) in [5, 5.41) is 0. The molecular weight excluding hydrogens is 172 g/mol. The van der Waals surface area contributed by atoms with E-state index in [4.69, 9.17) is 18.0 Å². The highest BCUT2D eigenvalue weighted by Crippen LogP contribution is 2.01. The molecule has 2 aromatic heterocycles. The van der Waals surface area contributed by atoms with Crippen molar-refractivity contribution in [2.24, 2.45) is 5.73 Å². The van der Waals surface area contributed by atoms with Crippen LogP contribution in [-0.4, -0.2) is 19.4 Å². The van der Waals surface area contributed by atoms with Crippen LogP contribution in [0.4, 0.5) is 0 Å². The molecule has 0 aliphatic heterocycles. The summed E-state index contributed by atoms with van der Waals surface area (Å²) in [5.41, 5.74) is 6.79. The fourth-order valence-corrected chi connectivity index (χ4v) is 1.06. The molecule has 2 N–H and O–H groups in total. The molecule has 0 amide bonds. The van der Waals surface area contributed by atoms with Crippen LogP contribution in [0.25, 0.3) is 5.65 Å². The van der Waals surface area contributed by atoms with E-state index in [9.17, 15) is 0 Å². The predicted octanol–water partition coefficient (Wildman–Crippen LogP) is 0.364. The second kappa shape index (κ2) is 2.53. The molecule has 2 rings (SSSR count). The highest BCUT2D eigenvalue weighted by atomic mass is 32.1. The maximum absolute atomic E-state index is 5.41. The Balaban J connectivity index is 2.70. The lowest BCUT2D eigenvalue weighted by atomic mass is 10.5. The van der Waals surface area contributed by atoms with Crippen molar-refractivity contribution in [2.75, 3.05) is 0 Å². The normalized spacial score (nSPS) is 10.3. The van der Waals surface area contributed by atoms with Gasteiger partial charge in [0, 0.05) is 18.6 Å². The maximum atomic E-state index is 5.41. The average molecular weight is 178 g/mol. The molecule has 0 radical (unpaired) electrons. The Labute approximate surface area is 74.1 Å². The summed E-state index contributed by atoms with van der Waals surface area (Å²) >= 11 is 4.78. The van der Waals surface area contributed by atoms with Gasteiger partial charge in [-0.15, -0.1) is 0 Å². The highest BCUT2D eigenvalue weighted by molar-refractivity contribution is 7.80. The van der Waals surface area contributed by atoms with Crippen LogP contribution >= 0.6 is 12.2 Å². The molecule has 60 valence electrons. The molecule has 0 aromatic carbocycles. The Kier molecular flexibility index (Phi) is 1.51. The Bertz CT molecular complexity index is 401. The maximum Gasteiger partial charge on any atom is 0.156 e. The summed E-state index contributed by atoms with van der Waals surface area (Å²) in [6, 6.07) is 0. The van der Waals surface area contributed by atoms with Gasteiger partial charge in [-0.3, -0.25) is 4.98 Å². The second-order valence-electron chi connectivity index (χ2n) is 2.33. The van der Waals surface area contributed by atoms with Gasteiger partial charge in [-0.05, 0) is 0 Å². The third-order valence-corrected chi connectivity index (χ3v) is 1.73. The van der Waals surface area contributed by atoms with Crippen molar-refractivity contribution in [1.82, 2.24) is 14.4 Å². The van der Waals surface area contributed by atoms with Crippen molar-refractivity contribution >= 4 is 22.9 Å². The molecule has 0 saturated carbocycles. The lowest BCUT2D eigenvalue weighted by molar-refractivity contribution is 1.13. The van der Waals surface area contributed by atoms with Gasteiger partial charge in [0.2, 0.25) is 0 Å². The van der Waals surface area contributed by atoms with Crippen molar-refractivity contribution in [3.8, 4) is 0 Å². The quantitative estimate of drug-likeness (QED) is 0.641. The number of hydrogen-bond donors (Lipinski definition) is 1. The van der Waals surface area contributed by atoms with Crippen LogP contribution in [0.1, 0.15) is 5.69 Å². The van der Waals surface area contributed by atoms with E-state index in [1.165, 1.54) is 0 Å². The molecule has 0 saturated heterocycles. The number of fused-ring (bicyclic) bond motifs is 1. The molecule has 0 spiro atoms. The van der Waals surface area contributed by atoms with Crippen LogP contribution in [0.5, 0.6) is 0 Å². The van der Waals surface area contributed by atoms with E-state index in [0.717, 1.165) is 5.65 Å². The molecule has 0 aliphatic carbocycles. The van der Waals surface area contributed by atoms with Crippen molar-refractivity contribution in [3.63, 3.8) is 0 Å². The average Bonchev–Trinajstić information content (AvgIpc) is 2.46. The first-order valence-electron chi connectivity index (χ1n) is 3.36. The number of nitrogens with two attached hydrogens (primary N) is 1. The van der Waals surface area contributed by atoms with Gasteiger partial charge in [-0.25, -0.2) is 4.98 Å². The minimum absolute atomic E-state index is 0.304. The van der Waals surface area contributed by atoms with E-state index in [2.05, 4.69) is 9.97 Å². The van der Waals surface area contributed by atoms with E-state index in [1.54, 1.807) is 24.8 Å². The Hall–Kier alpha value is -1.49. The van der Waals surface area contributed by atoms with E-state index >= 15 is 0 Å². The Morgan fingerprint density at radius 3 is 3.08 bits per heavy atom. The molecule has 12 heavy (non-hydrogen) atoms. The van der Waals surface area contributed by atoms with E-state index in [0.29, 0.717) is 10.7 Å². The zero-order chi connectivity index (χ0) is 8.55. The summed E-state index contributed by atoms with van der Waals surface area (Å²) in [6.45, 7) is 0. The van der Waals surface area contributed by atoms with E-state index in [1.807, 2.05) is 4.40 Å². The molecule has 0 aliphatic rings. The van der Waals surface area contributed by atoms with E-state index < -0.39 is 0 Å². The van der Waals surface area contributed by atoms with Gasteiger partial charge in [0.1, 0.15) is 10.7 Å². The zero-order valence-corrected chi connectivity index (χ0v) is 6.95. The molecule has 0 atom stereocenters. The number of aromatic nitrogens is 3. The zero-order valence-electron chi connectivity index (χ0n) is 6.14.